The highest BCUT2D eigenvalue weighted by Gasteiger charge is 2.17. The Morgan fingerprint density at radius 2 is 1.94 bits per heavy atom. The largest absolute Gasteiger partial charge is 0.281 e. The quantitative estimate of drug-likeness (QED) is 0.804. The topological polar surface area (TPSA) is 28.7 Å². The minimum Gasteiger partial charge on any atom is -0.281 e. The lowest BCUT2D eigenvalue weighted by Gasteiger charge is -2.10. The number of allylic oxidation sites excluding steroid dienone is 2. The van der Waals surface area contributed by atoms with Crippen LogP contribution in [0, 0.1) is 5.92 Å². The monoisotopic (exact) mass is 218 g/mol. The molecule has 1 N–H and O–H groups in total. The second kappa shape index (κ2) is 5.15. The van der Waals surface area contributed by atoms with Gasteiger partial charge in [-0.25, -0.2) is 0 Å². The van der Waals surface area contributed by atoms with Crippen LogP contribution in [-0.2, 0) is 0 Å². The first-order valence-corrected chi connectivity index (χ1v) is 5.90. The van der Waals surface area contributed by atoms with Crippen LogP contribution in [0.5, 0.6) is 0 Å². The van der Waals surface area contributed by atoms with E-state index in [0.717, 1.165) is 11.3 Å². The van der Waals surface area contributed by atoms with Crippen molar-refractivity contribution in [3.63, 3.8) is 0 Å². The fourth-order valence-electron chi connectivity index (χ4n) is 1.97. The van der Waals surface area contributed by atoms with Crippen molar-refractivity contribution in [3.8, 4) is 0 Å². The molecule has 0 unspecified atom stereocenters. The highest BCUT2D eigenvalue weighted by atomic mass is 15.1. The minimum absolute atomic E-state index is 0.444. The van der Waals surface area contributed by atoms with Gasteiger partial charge in [0.15, 0.2) is 0 Å². The molecule has 0 aromatic carbocycles. The van der Waals surface area contributed by atoms with Crippen molar-refractivity contribution in [2.24, 2.45) is 5.92 Å². The molecule has 0 fully saturated rings. The highest BCUT2D eigenvalue weighted by molar-refractivity contribution is 5.73. The second-order valence-corrected chi connectivity index (χ2v) is 4.66. The van der Waals surface area contributed by atoms with E-state index >= 15 is 0 Å². The van der Waals surface area contributed by atoms with Crippen LogP contribution in [0.2, 0.25) is 0 Å². The van der Waals surface area contributed by atoms with E-state index in [2.05, 4.69) is 57.5 Å². The fraction of sp³-hybridized carbons (Fsp3) is 0.500. The van der Waals surface area contributed by atoms with Crippen LogP contribution in [0.15, 0.2) is 12.7 Å². The van der Waals surface area contributed by atoms with Gasteiger partial charge in [-0.2, -0.15) is 5.10 Å². The van der Waals surface area contributed by atoms with Crippen LogP contribution in [0.1, 0.15) is 57.5 Å². The molecule has 1 heterocycles. The molecule has 1 aromatic heterocycles. The molecular weight excluding hydrogens is 196 g/mol. The first-order chi connectivity index (χ1) is 7.52. The van der Waals surface area contributed by atoms with Gasteiger partial charge in [0, 0.05) is 11.3 Å². The summed E-state index contributed by atoms with van der Waals surface area (Å²) >= 11 is 0. The summed E-state index contributed by atoms with van der Waals surface area (Å²) in [6.45, 7) is 14.7. The molecule has 0 saturated heterocycles. The Hall–Kier alpha value is -1.31. The third kappa shape index (κ3) is 2.26. The van der Waals surface area contributed by atoms with Crippen LogP contribution < -0.4 is 0 Å². The number of H-pyrrole nitrogens is 1. The molecule has 0 spiro atoms. The Balaban J connectivity index is 3.30. The van der Waals surface area contributed by atoms with Crippen molar-refractivity contribution in [1.82, 2.24) is 10.2 Å². The van der Waals surface area contributed by atoms with Crippen LogP contribution >= 0.6 is 0 Å². The van der Waals surface area contributed by atoms with Crippen LogP contribution in [0.3, 0.4) is 0 Å². The number of hydrogen-bond acceptors (Lipinski definition) is 1. The molecule has 1 aromatic rings. The van der Waals surface area contributed by atoms with E-state index in [4.69, 9.17) is 0 Å². The van der Waals surface area contributed by atoms with Crippen molar-refractivity contribution in [1.29, 1.82) is 0 Å². The summed E-state index contributed by atoms with van der Waals surface area (Å²) < 4.78 is 0. The predicted octanol–water partition coefficient (Wildman–Crippen LogP) is 4.24. The Bertz CT molecular complexity index is 395. The Labute approximate surface area is 98.5 Å². The summed E-state index contributed by atoms with van der Waals surface area (Å²) in [6.07, 6.45) is 4.04. The van der Waals surface area contributed by atoms with Crippen molar-refractivity contribution in [2.45, 2.75) is 40.5 Å². The molecule has 0 radical (unpaired) electrons. The van der Waals surface area contributed by atoms with Crippen molar-refractivity contribution in [3.05, 3.63) is 29.6 Å². The lowest BCUT2D eigenvalue weighted by atomic mass is 9.94. The standard InChI is InChI=1S/C14H22N2/c1-7-11(9(3)4)14-12(8-2)13(10(5)6)15-16-14/h7-10H,2H2,1,3-6H3,(H,15,16)/b11-7-. The first kappa shape index (κ1) is 12.8. The fourth-order valence-corrected chi connectivity index (χ4v) is 1.97. The van der Waals surface area contributed by atoms with E-state index in [0.29, 0.717) is 11.8 Å². The Morgan fingerprint density at radius 3 is 2.31 bits per heavy atom. The van der Waals surface area contributed by atoms with Gasteiger partial charge in [0.25, 0.3) is 0 Å². The number of aromatic amines is 1. The highest BCUT2D eigenvalue weighted by Crippen LogP contribution is 2.29. The molecule has 1 rings (SSSR count). The van der Waals surface area contributed by atoms with Crippen LogP contribution in [0.4, 0.5) is 0 Å². The number of hydrogen-bond donors (Lipinski definition) is 1. The maximum atomic E-state index is 4.44. The average molecular weight is 218 g/mol. The third-order valence-electron chi connectivity index (χ3n) is 2.82. The van der Waals surface area contributed by atoms with Gasteiger partial charge in [0.2, 0.25) is 0 Å². The number of nitrogens with one attached hydrogen (secondary N) is 1. The summed E-state index contributed by atoms with van der Waals surface area (Å²) in [5.41, 5.74) is 4.65. The molecule has 0 saturated carbocycles. The lowest BCUT2D eigenvalue weighted by Crippen LogP contribution is -1.96. The zero-order valence-electron chi connectivity index (χ0n) is 11.0. The molecule has 2 nitrogen and oxygen atoms in total. The lowest BCUT2D eigenvalue weighted by molar-refractivity contribution is 0.807. The second-order valence-electron chi connectivity index (χ2n) is 4.66. The van der Waals surface area contributed by atoms with Gasteiger partial charge in [-0.05, 0) is 24.3 Å². The van der Waals surface area contributed by atoms with Gasteiger partial charge in [-0.15, -0.1) is 0 Å². The summed E-state index contributed by atoms with van der Waals surface area (Å²) in [5.74, 6) is 0.923. The Kier molecular flexibility index (Phi) is 4.11. The maximum Gasteiger partial charge on any atom is 0.0954 e. The molecule has 2 heteroatoms. The van der Waals surface area contributed by atoms with Crippen LogP contribution in [0.25, 0.3) is 11.6 Å². The average Bonchev–Trinajstić information content (AvgIpc) is 2.62. The van der Waals surface area contributed by atoms with Crippen molar-refractivity contribution >= 4 is 11.6 Å². The van der Waals surface area contributed by atoms with E-state index < -0.39 is 0 Å². The molecule has 88 valence electrons. The van der Waals surface area contributed by atoms with E-state index in [1.165, 1.54) is 11.3 Å². The first-order valence-electron chi connectivity index (χ1n) is 5.90. The number of aromatic nitrogens is 2. The zero-order valence-corrected chi connectivity index (χ0v) is 11.0. The summed E-state index contributed by atoms with van der Waals surface area (Å²) in [7, 11) is 0. The molecule has 16 heavy (non-hydrogen) atoms. The Morgan fingerprint density at radius 1 is 1.31 bits per heavy atom. The van der Waals surface area contributed by atoms with Gasteiger partial charge >= 0.3 is 0 Å². The van der Waals surface area contributed by atoms with Gasteiger partial charge in [-0.1, -0.05) is 46.4 Å². The SMILES string of the molecule is C=Cc1c(/C(=C\C)C(C)C)n[nH]c1C(C)C. The summed E-state index contributed by atoms with van der Waals surface area (Å²) in [4.78, 5) is 0. The van der Waals surface area contributed by atoms with E-state index in [-0.39, 0.29) is 0 Å². The van der Waals surface area contributed by atoms with Gasteiger partial charge in [-0.3, -0.25) is 5.10 Å². The molecule has 0 aliphatic carbocycles. The van der Waals surface area contributed by atoms with Crippen molar-refractivity contribution < 1.29 is 0 Å². The molecule has 0 atom stereocenters. The van der Waals surface area contributed by atoms with E-state index in [1.54, 1.807) is 0 Å². The summed E-state index contributed by atoms with van der Waals surface area (Å²) in [5, 5.41) is 7.57. The molecule has 0 amide bonds. The number of rotatable bonds is 4. The van der Waals surface area contributed by atoms with Crippen molar-refractivity contribution in [2.75, 3.05) is 0 Å². The smallest absolute Gasteiger partial charge is 0.0954 e. The normalized spacial score (nSPS) is 12.6. The molecular formula is C14H22N2. The molecule has 0 aliphatic heterocycles. The van der Waals surface area contributed by atoms with E-state index in [1.807, 2.05) is 6.08 Å². The molecule has 0 bridgehead atoms. The minimum atomic E-state index is 0.444. The number of nitrogens with zero attached hydrogens (tertiary/aromatic N) is 1. The molecule has 0 aliphatic rings. The zero-order chi connectivity index (χ0) is 12.3. The van der Waals surface area contributed by atoms with Gasteiger partial charge in [0.1, 0.15) is 0 Å². The predicted molar refractivity (Wildman–Crippen MR) is 71.3 cm³/mol. The van der Waals surface area contributed by atoms with Gasteiger partial charge in [0.05, 0.1) is 5.69 Å². The van der Waals surface area contributed by atoms with Crippen LogP contribution in [-0.4, -0.2) is 10.2 Å². The maximum absolute atomic E-state index is 4.44. The van der Waals surface area contributed by atoms with Gasteiger partial charge < -0.3 is 0 Å². The van der Waals surface area contributed by atoms with E-state index in [9.17, 15) is 0 Å². The summed E-state index contributed by atoms with van der Waals surface area (Å²) in [6, 6.07) is 0. The third-order valence-corrected chi connectivity index (χ3v) is 2.82.